The molecule has 0 aliphatic carbocycles. The molecule has 6 aromatic heterocycles. The third kappa shape index (κ3) is 20.4. The van der Waals surface area contributed by atoms with E-state index in [2.05, 4.69) is 389 Å². The van der Waals surface area contributed by atoms with Crippen molar-refractivity contribution >= 4 is 88.2 Å². The molecular formula is C129H111Ir2N12O4-. The summed E-state index contributed by atoms with van der Waals surface area (Å²) in [6.45, 7) is 22.2. The molecule has 0 amide bonds. The number of ketones is 1. The maximum atomic E-state index is 10.0. The number of pyridine rings is 3. The monoisotopic (exact) mass is 2280 g/mol. The van der Waals surface area contributed by atoms with Gasteiger partial charge < -0.3 is 38.8 Å². The zero-order valence-corrected chi connectivity index (χ0v) is 88.2. The second-order valence-electron chi connectivity index (χ2n) is 37.9. The number of likely N-dealkylation sites (N-methyl/N-ethyl adjacent to an activating group) is 1. The standard InChI is InChI=1S/C27H18N.C22H25N2.C18H16N3.C17H14N2O.C15H10NO.C14H12N2.C11H8N.C5H8O2.2Ir/c1-4-10-20(11-5-1)23-16-17-26-25(18-23)24(21-12-6-2-7-13-21)19-27(28-26)22-14-8-3-9-15-22;1-15(2)18-10-7-11-19(16(3)4)21(18)24-13-12-23-14-17-8-5-6-9-20(17)22(23)24;1-11(2)21-19-17-15-8-4-3-7-13(15)14-9-5-6-12-10-20(21)18(17)16(12)14;1-18-8-9-19-15(18)10-11-6-7-13-12-4-2-3-5-14(12)20-17(13)16(11)19;1-11-13(14-7-4-5-9-16-14)10-12-6-2-3-8-15(12)17-11;1-2-7-13-11(5-1)9-14-15-8-4-3-6-12(15)10-16(13)14;1-2-6-10(7-3-1)11-8-4-5-9-12-11;1-4(6)3-5(2)7;;/h1-14,16-19H;5-13,15-16H,14H2,1-4H3;3-9,11H,10H2,1-2H3;2-9,15H,10H2,1H3;2-9H,1H2;1-8,10,14H,9H2;1-6,8-9H;3,6H,1-2H3;;/q-1;2*+1;;-1;;-1;;;. The van der Waals surface area contributed by atoms with E-state index < -0.39 is 0 Å². The van der Waals surface area contributed by atoms with Gasteiger partial charge in [-0.1, -0.05) is 288 Å². The van der Waals surface area contributed by atoms with Crippen molar-refractivity contribution < 1.29 is 68.5 Å². The van der Waals surface area contributed by atoms with E-state index in [9.17, 15) is 4.79 Å². The number of hydrogen-bond donors (Lipinski definition) is 1. The van der Waals surface area contributed by atoms with Crippen molar-refractivity contribution in [1.29, 1.82) is 0 Å². The number of carbonyl (C=O) groups is 1. The number of aromatic nitrogens is 8. The summed E-state index contributed by atoms with van der Waals surface area (Å²) in [5.41, 5.74) is 31.8. The zero-order chi connectivity index (χ0) is 99.3. The summed E-state index contributed by atoms with van der Waals surface area (Å²) in [7, 11) is 2.13. The van der Waals surface area contributed by atoms with Crippen molar-refractivity contribution in [3.63, 3.8) is 0 Å². The van der Waals surface area contributed by atoms with Crippen LogP contribution in [0.15, 0.2) is 442 Å². The Balaban J connectivity index is 0.000000108. The van der Waals surface area contributed by atoms with Gasteiger partial charge in [0.1, 0.15) is 55.1 Å². The van der Waals surface area contributed by atoms with Gasteiger partial charge in [-0.3, -0.25) is 14.8 Å². The topological polar surface area (TPSA) is 142 Å². The molecule has 16 nitrogen and oxygen atoms in total. The average molecular weight is 2280 g/mol. The number of benzene rings is 14. The number of imidazole rings is 1. The number of fused-ring (bicyclic) bond motifs is 20. The fourth-order valence-electron chi connectivity index (χ4n) is 20.6. The largest absolute Gasteiger partial charge is 0.527 e. The fraction of sp³-hybridized carbons (Fsp3) is 0.140. The van der Waals surface area contributed by atoms with Crippen LogP contribution in [0, 0.1) is 18.2 Å². The molecule has 8 aliphatic heterocycles. The molecule has 0 fully saturated rings. The number of furan rings is 1. The third-order valence-corrected chi connectivity index (χ3v) is 27.3. The van der Waals surface area contributed by atoms with E-state index in [1.54, 1.807) is 12.4 Å². The summed E-state index contributed by atoms with van der Waals surface area (Å²) in [5, 5.41) is 22.2. The van der Waals surface area contributed by atoms with Crippen molar-refractivity contribution in [2.45, 2.75) is 112 Å². The zero-order valence-electron chi connectivity index (χ0n) is 83.4. The Morgan fingerprint density at radius 2 is 1.15 bits per heavy atom. The minimum atomic E-state index is -0.125. The van der Waals surface area contributed by atoms with Crippen LogP contribution in [0.2, 0.25) is 0 Å². The molecule has 0 bridgehead atoms. The smallest absolute Gasteiger partial charge is 0.294 e. The molecule has 18 heteroatoms. The quantitative estimate of drug-likeness (QED) is 0.0458. The molecule has 0 spiro atoms. The van der Waals surface area contributed by atoms with E-state index >= 15 is 0 Å². The summed E-state index contributed by atoms with van der Waals surface area (Å²) in [6, 6.07) is 124. The fourth-order valence-corrected chi connectivity index (χ4v) is 20.6. The first kappa shape index (κ1) is 99.4. The van der Waals surface area contributed by atoms with Gasteiger partial charge in [0.25, 0.3) is 11.3 Å². The Labute approximate surface area is 885 Å². The van der Waals surface area contributed by atoms with Crippen LogP contribution in [0.5, 0.6) is 5.75 Å². The molecule has 2 radical (unpaired) electrons. The summed E-state index contributed by atoms with van der Waals surface area (Å²) < 4.78 is 18.9. The second kappa shape index (κ2) is 44.1. The van der Waals surface area contributed by atoms with Gasteiger partial charge in [-0.05, 0) is 161 Å². The van der Waals surface area contributed by atoms with Crippen molar-refractivity contribution in [2.24, 2.45) is 0 Å². The number of nitrogens with zero attached hydrogens (tertiary/aromatic N) is 12. The molecule has 0 saturated heterocycles. The van der Waals surface area contributed by atoms with Gasteiger partial charge in [0, 0.05) is 169 Å². The van der Waals surface area contributed by atoms with Crippen LogP contribution in [0.1, 0.15) is 118 Å². The Morgan fingerprint density at radius 3 is 1.85 bits per heavy atom. The van der Waals surface area contributed by atoms with Crippen LogP contribution < -0.4 is 23.8 Å². The number of hydrogen-bond acceptors (Lipinski definition) is 12. The van der Waals surface area contributed by atoms with E-state index in [-0.39, 0.29) is 51.8 Å². The Bertz CT molecular complexity index is 8390. The maximum Gasteiger partial charge on any atom is 0.294 e. The summed E-state index contributed by atoms with van der Waals surface area (Å²) >= 11 is 0. The molecular weight excluding hydrogens is 2170 g/mol. The molecule has 0 saturated carbocycles. The van der Waals surface area contributed by atoms with Crippen LogP contribution in [0.4, 0.5) is 11.4 Å². The summed E-state index contributed by atoms with van der Waals surface area (Å²) in [5.74, 6) is 3.62. The van der Waals surface area contributed by atoms with E-state index in [1.807, 2.05) is 127 Å². The van der Waals surface area contributed by atoms with E-state index in [1.165, 1.54) is 148 Å². The van der Waals surface area contributed by atoms with Crippen molar-refractivity contribution in [3.05, 3.63) is 500 Å². The number of rotatable bonds is 10. The molecule has 28 rings (SSSR count). The summed E-state index contributed by atoms with van der Waals surface area (Å²) in [6.07, 6.45) is 30.5. The van der Waals surface area contributed by atoms with Crippen molar-refractivity contribution in [3.8, 4) is 67.6 Å². The normalized spacial score (nSPS) is 14.4. The number of para-hydroxylation sites is 4. The van der Waals surface area contributed by atoms with Gasteiger partial charge in [-0.25, -0.2) is 4.57 Å². The van der Waals surface area contributed by atoms with Crippen LogP contribution in [0.3, 0.4) is 0 Å². The van der Waals surface area contributed by atoms with Gasteiger partial charge >= 0.3 is 0 Å². The molecule has 2 atom stereocenters. The van der Waals surface area contributed by atoms with Gasteiger partial charge in [-0.15, -0.1) is 88.6 Å². The molecule has 2 unspecified atom stereocenters. The van der Waals surface area contributed by atoms with Crippen LogP contribution in [0.25, 0.3) is 133 Å². The van der Waals surface area contributed by atoms with Gasteiger partial charge in [0.2, 0.25) is 5.52 Å². The van der Waals surface area contributed by atoms with E-state index in [0.717, 1.165) is 98.6 Å². The first-order valence-corrected chi connectivity index (χ1v) is 49.6. The van der Waals surface area contributed by atoms with Crippen LogP contribution in [-0.2, 0) is 70.9 Å². The van der Waals surface area contributed by atoms with Crippen LogP contribution >= 0.6 is 0 Å². The second-order valence-corrected chi connectivity index (χ2v) is 37.9. The Hall–Kier alpha value is -16.3. The summed E-state index contributed by atoms with van der Waals surface area (Å²) in [4.78, 5) is 34.9. The predicted molar refractivity (Wildman–Crippen MR) is 587 cm³/mol. The molecule has 14 heterocycles. The molecule has 8 aliphatic rings. The average Bonchev–Trinajstić information content (AvgIpc) is 1.54. The Morgan fingerprint density at radius 1 is 0.517 bits per heavy atom. The number of anilines is 2. The molecule has 20 aromatic rings. The molecule has 147 heavy (non-hydrogen) atoms. The third-order valence-electron chi connectivity index (χ3n) is 27.3. The number of carbonyl (C=O) groups excluding carboxylic acids is 1. The van der Waals surface area contributed by atoms with Crippen LogP contribution in [-0.4, -0.2) is 69.5 Å². The van der Waals surface area contributed by atoms with Gasteiger partial charge in [0.05, 0.1) is 39.7 Å². The first-order valence-electron chi connectivity index (χ1n) is 49.6. The molecule has 14 aromatic carbocycles. The predicted octanol–water partition coefficient (Wildman–Crippen LogP) is 28.8. The van der Waals surface area contributed by atoms with Crippen molar-refractivity contribution in [2.75, 3.05) is 16.8 Å². The Kier molecular flexibility index (Phi) is 29.8. The number of aliphatic hydroxyl groups is 1. The SMILES string of the molecule is C1=CC2=CN3c4ccccc4CC3N2C=C1.C=C1Oc2ccccc2[C-]=C1c1ccccn1.CC(=O)C=C(C)O.CC(C)c1cccc(C(C)C)c1-n1cc[n+]2c1-c1ccccc1C2.CC(C)n1nc2c3ccccc3c3cccc4c3c2[n+]1C4.CN1C=CN2c3c(ccc4c3oc3ccccc34)CC12.[Ir].[Ir].[c-]1ccccc1-c1cc(-c2ccccc2)c2cc(-c3ccccc3)ccc2n1.[c-]1ccccc1-c1ccccn1. The van der Waals surface area contributed by atoms with Crippen molar-refractivity contribution in [1.82, 2.24) is 39.2 Å². The number of ether oxygens (including phenoxy) is 1. The number of allylic oxidation sites excluding steroid dienone is 6. The molecule has 730 valence electrons. The number of aliphatic hydroxyl groups excluding tert-OH is 1. The van der Waals surface area contributed by atoms with E-state index in [4.69, 9.17) is 24.3 Å². The maximum absolute atomic E-state index is 10.0. The minimum Gasteiger partial charge on any atom is -0.527 e. The van der Waals surface area contributed by atoms with Gasteiger partial charge in [-0.2, -0.15) is 4.57 Å². The van der Waals surface area contributed by atoms with E-state index in [0.29, 0.717) is 36.0 Å². The first-order chi connectivity index (χ1) is 70.9. The molecule has 1 N–H and O–H groups in total. The minimum absolute atomic E-state index is 0. The van der Waals surface area contributed by atoms with Gasteiger partial charge in [0.15, 0.2) is 11.4 Å².